The van der Waals surface area contributed by atoms with E-state index in [0.29, 0.717) is 11.6 Å². The minimum Gasteiger partial charge on any atom is -0.316 e. The van der Waals surface area contributed by atoms with E-state index in [2.05, 4.69) is 10.3 Å². The first kappa shape index (κ1) is 12.8. The summed E-state index contributed by atoms with van der Waals surface area (Å²) in [6.07, 6.45) is 5.66. The van der Waals surface area contributed by atoms with Gasteiger partial charge in [0.2, 0.25) is 0 Å². The second-order valence-corrected chi connectivity index (χ2v) is 4.98. The number of benzene rings is 1. The van der Waals surface area contributed by atoms with Gasteiger partial charge in [0.1, 0.15) is 17.4 Å². The number of rotatable bonds is 2. The maximum absolute atomic E-state index is 13.7. The summed E-state index contributed by atoms with van der Waals surface area (Å²) in [7, 11) is 0. The summed E-state index contributed by atoms with van der Waals surface area (Å²) in [5, 5.41) is 12.5. The van der Waals surface area contributed by atoms with Crippen LogP contribution in [0, 0.1) is 17.1 Å². The predicted octanol–water partition coefficient (Wildman–Crippen LogP) is 2.35. The Bertz CT molecular complexity index is 650. The van der Waals surface area contributed by atoms with Gasteiger partial charge in [-0.1, -0.05) is 6.07 Å². The van der Waals surface area contributed by atoms with E-state index in [4.69, 9.17) is 5.26 Å². The average molecular weight is 270 g/mol. The fourth-order valence-electron chi connectivity index (χ4n) is 2.74. The van der Waals surface area contributed by atoms with Crippen molar-refractivity contribution in [3.8, 4) is 11.8 Å². The van der Waals surface area contributed by atoms with Crippen molar-refractivity contribution in [2.45, 2.75) is 18.8 Å². The quantitative estimate of drug-likeness (QED) is 0.911. The highest BCUT2D eigenvalue weighted by Crippen LogP contribution is 2.27. The van der Waals surface area contributed by atoms with Gasteiger partial charge in [0.05, 0.1) is 12.0 Å². The van der Waals surface area contributed by atoms with Gasteiger partial charge in [-0.3, -0.25) is 0 Å². The summed E-state index contributed by atoms with van der Waals surface area (Å²) in [5.41, 5.74) is 1.65. The molecule has 1 atom stereocenters. The van der Waals surface area contributed by atoms with Crippen LogP contribution in [0.5, 0.6) is 0 Å². The molecule has 5 heteroatoms. The molecule has 1 aromatic heterocycles. The third kappa shape index (κ3) is 2.19. The van der Waals surface area contributed by atoms with Gasteiger partial charge in [0, 0.05) is 24.4 Å². The molecular weight excluding hydrogens is 255 g/mol. The topological polar surface area (TPSA) is 53.6 Å². The van der Waals surface area contributed by atoms with Crippen molar-refractivity contribution in [1.82, 2.24) is 14.9 Å². The first-order chi connectivity index (χ1) is 9.81. The Morgan fingerprint density at radius 1 is 1.45 bits per heavy atom. The highest BCUT2D eigenvalue weighted by molar-refractivity contribution is 5.50. The van der Waals surface area contributed by atoms with Crippen LogP contribution in [0.25, 0.3) is 5.69 Å². The van der Waals surface area contributed by atoms with Gasteiger partial charge in [-0.25, -0.2) is 9.37 Å². The number of aromatic nitrogens is 2. The van der Waals surface area contributed by atoms with Crippen LogP contribution >= 0.6 is 0 Å². The largest absolute Gasteiger partial charge is 0.316 e. The molecule has 0 spiro atoms. The van der Waals surface area contributed by atoms with Gasteiger partial charge in [-0.15, -0.1) is 0 Å². The molecule has 2 aromatic rings. The fraction of sp³-hybridized carbons (Fsp3) is 0.333. The number of imidazole rings is 1. The SMILES string of the molecule is N#Cc1c(F)cccc1-n1cncc1C1CCCNC1. The van der Waals surface area contributed by atoms with Gasteiger partial charge >= 0.3 is 0 Å². The minimum atomic E-state index is -0.494. The highest BCUT2D eigenvalue weighted by atomic mass is 19.1. The fourth-order valence-corrected chi connectivity index (χ4v) is 2.74. The van der Waals surface area contributed by atoms with Crippen molar-refractivity contribution in [2.24, 2.45) is 0 Å². The molecule has 1 unspecified atom stereocenters. The lowest BCUT2D eigenvalue weighted by atomic mass is 9.96. The van der Waals surface area contributed by atoms with E-state index >= 15 is 0 Å². The number of nitrogens with one attached hydrogen (secondary N) is 1. The Morgan fingerprint density at radius 2 is 2.35 bits per heavy atom. The lowest BCUT2D eigenvalue weighted by Crippen LogP contribution is -2.29. The number of nitriles is 1. The molecule has 0 saturated carbocycles. The lowest BCUT2D eigenvalue weighted by molar-refractivity contribution is 0.451. The molecule has 0 amide bonds. The zero-order valence-corrected chi connectivity index (χ0v) is 11.0. The monoisotopic (exact) mass is 270 g/mol. The van der Waals surface area contributed by atoms with Gasteiger partial charge in [-0.2, -0.15) is 5.26 Å². The van der Waals surface area contributed by atoms with Crippen LogP contribution in [-0.2, 0) is 0 Å². The molecule has 1 aliphatic heterocycles. The third-order valence-corrected chi connectivity index (χ3v) is 3.75. The molecule has 0 aliphatic carbocycles. The van der Waals surface area contributed by atoms with E-state index in [9.17, 15) is 4.39 Å². The Morgan fingerprint density at radius 3 is 3.10 bits per heavy atom. The van der Waals surface area contributed by atoms with Crippen molar-refractivity contribution in [3.63, 3.8) is 0 Å². The number of hydrogen-bond donors (Lipinski definition) is 1. The molecule has 1 aliphatic rings. The van der Waals surface area contributed by atoms with E-state index in [1.165, 1.54) is 6.07 Å². The summed E-state index contributed by atoms with van der Waals surface area (Å²) in [6.45, 7) is 1.93. The molecule has 0 radical (unpaired) electrons. The number of piperidine rings is 1. The molecule has 1 saturated heterocycles. The number of nitrogens with zero attached hydrogens (tertiary/aromatic N) is 3. The Balaban J connectivity index is 2.06. The van der Waals surface area contributed by atoms with Crippen LogP contribution in [0.4, 0.5) is 4.39 Å². The van der Waals surface area contributed by atoms with Crippen molar-refractivity contribution in [1.29, 1.82) is 5.26 Å². The molecule has 20 heavy (non-hydrogen) atoms. The Kier molecular flexibility index (Phi) is 3.48. The van der Waals surface area contributed by atoms with Gasteiger partial charge in [0.15, 0.2) is 0 Å². The molecule has 1 N–H and O–H groups in total. The maximum Gasteiger partial charge on any atom is 0.143 e. The number of hydrogen-bond acceptors (Lipinski definition) is 3. The van der Waals surface area contributed by atoms with E-state index in [1.807, 2.05) is 16.8 Å². The number of halogens is 1. The van der Waals surface area contributed by atoms with Crippen LogP contribution in [0.3, 0.4) is 0 Å². The van der Waals surface area contributed by atoms with E-state index in [-0.39, 0.29) is 5.56 Å². The van der Waals surface area contributed by atoms with Gasteiger partial charge in [-0.05, 0) is 31.5 Å². The lowest BCUT2D eigenvalue weighted by Gasteiger charge is -2.24. The minimum absolute atomic E-state index is 0.0653. The van der Waals surface area contributed by atoms with Crippen molar-refractivity contribution >= 4 is 0 Å². The smallest absolute Gasteiger partial charge is 0.143 e. The van der Waals surface area contributed by atoms with Crippen LogP contribution < -0.4 is 5.32 Å². The summed E-state index contributed by atoms with van der Waals surface area (Å²) in [6, 6.07) is 6.62. The van der Waals surface area contributed by atoms with Gasteiger partial charge < -0.3 is 9.88 Å². The second kappa shape index (κ2) is 5.43. The zero-order valence-electron chi connectivity index (χ0n) is 11.0. The van der Waals surface area contributed by atoms with Crippen molar-refractivity contribution in [2.75, 3.05) is 13.1 Å². The third-order valence-electron chi connectivity index (χ3n) is 3.75. The predicted molar refractivity (Wildman–Crippen MR) is 73.1 cm³/mol. The van der Waals surface area contributed by atoms with Crippen LogP contribution in [-0.4, -0.2) is 22.6 Å². The van der Waals surface area contributed by atoms with E-state index < -0.39 is 5.82 Å². The molecular formula is C15H15FN4. The zero-order chi connectivity index (χ0) is 13.9. The van der Waals surface area contributed by atoms with Crippen LogP contribution in [0.2, 0.25) is 0 Å². The highest BCUT2D eigenvalue weighted by Gasteiger charge is 2.21. The van der Waals surface area contributed by atoms with E-state index in [0.717, 1.165) is 31.6 Å². The summed E-state index contributed by atoms with van der Waals surface area (Å²) >= 11 is 0. The summed E-state index contributed by atoms with van der Waals surface area (Å²) in [4.78, 5) is 4.18. The molecule has 3 rings (SSSR count). The van der Waals surface area contributed by atoms with Gasteiger partial charge in [0.25, 0.3) is 0 Å². The van der Waals surface area contributed by atoms with Crippen LogP contribution in [0.1, 0.15) is 30.0 Å². The molecule has 102 valence electrons. The maximum atomic E-state index is 13.7. The average Bonchev–Trinajstić information content (AvgIpc) is 2.97. The standard InChI is InChI=1S/C15H15FN4/c16-13-4-1-5-14(12(13)7-17)20-10-19-9-15(20)11-3-2-6-18-8-11/h1,4-5,9-11,18H,2-3,6,8H2. The Hall–Kier alpha value is -2.19. The molecule has 4 nitrogen and oxygen atoms in total. The molecule has 1 fully saturated rings. The van der Waals surface area contributed by atoms with Crippen LogP contribution in [0.15, 0.2) is 30.7 Å². The first-order valence-electron chi connectivity index (χ1n) is 6.73. The molecule has 0 bridgehead atoms. The molecule has 1 aromatic carbocycles. The summed E-state index contributed by atoms with van der Waals surface area (Å²) < 4.78 is 15.6. The normalized spacial score (nSPS) is 18.7. The molecule has 2 heterocycles. The van der Waals surface area contributed by atoms with Crippen molar-refractivity contribution < 1.29 is 4.39 Å². The Labute approximate surface area is 116 Å². The van der Waals surface area contributed by atoms with E-state index in [1.54, 1.807) is 18.5 Å². The van der Waals surface area contributed by atoms with Crippen molar-refractivity contribution in [3.05, 3.63) is 47.8 Å². The summed E-state index contributed by atoms with van der Waals surface area (Å²) in [5.74, 6) is -0.146. The first-order valence-corrected chi connectivity index (χ1v) is 6.73. The second-order valence-electron chi connectivity index (χ2n) is 4.98.